The van der Waals surface area contributed by atoms with E-state index in [-0.39, 0.29) is 18.4 Å². The Kier molecular flexibility index (Phi) is 5.87. The molecular formula is C13H19N3O2. The molecule has 0 radical (unpaired) electrons. The maximum Gasteiger partial charge on any atom is 0.238 e. The molecule has 98 valence electrons. The lowest BCUT2D eigenvalue weighted by molar-refractivity contribution is -0.116. The molecule has 3 N–H and O–H groups in total. The van der Waals surface area contributed by atoms with Gasteiger partial charge >= 0.3 is 0 Å². The Labute approximate surface area is 107 Å². The van der Waals surface area contributed by atoms with Crippen molar-refractivity contribution < 1.29 is 9.59 Å². The summed E-state index contributed by atoms with van der Waals surface area (Å²) in [6.45, 7) is 2.21. The van der Waals surface area contributed by atoms with Gasteiger partial charge in [-0.3, -0.25) is 9.59 Å². The second-order valence-electron chi connectivity index (χ2n) is 3.96. The number of likely N-dealkylation sites (N-methyl/N-ethyl adjacent to an activating group) is 1. The Hall–Kier alpha value is -1.88. The third-order valence-electron chi connectivity index (χ3n) is 2.24. The molecule has 5 nitrogen and oxygen atoms in total. The van der Waals surface area contributed by atoms with Gasteiger partial charge in [0.05, 0.1) is 6.54 Å². The molecule has 0 unspecified atom stereocenters. The molecule has 0 bridgehead atoms. The number of amides is 2. The average Bonchev–Trinajstić information content (AvgIpc) is 2.29. The summed E-state index contributed by atoms with van der Waals surface area (Å²) < 4.78 is 0. The topological polar surface area (TPSA) is 70.2 Å². The highest BCUT2D eigenvalue weighted by Gasteiger charge is 2.03. The number of rotatable bonds is 6. The van der Waals surface area contributed by atoms with Crippen LogP contribution in [0.3, 0.4) is 0 Å². The first-order valence-corrected chi connectivity index (χ1v) is 6.00. The molecule has 0 heterocycles. The molecule has 2 amide bonds. The van der Waals surface area contributed by atoms with Gasteiger partial charge < -0.3 is 16.0 Å². The summed E-state index contributed by atoms with van der Waals surface area (Å²) in [5.74, 6) is -0.134. The van der Waals surface area contributed by atoms with Gasteiger partial charge in [-0.25, -0.2) is 0 Å². The van der Waals surface area contributed by atoms with Crippen molar-refractivity contribution in [2.45, 2.75) is 19.8 Å². The molecule has 0 spiro atoms. The minimum absolute atomic E-state index is 0.0174. The minimum atomic E-state index is -0.116. The summed E-state index contributed by atoms with van der Waals surface area (Å²) in [5, 5.41) is 8.29. The van der Waals surface area contributed by atoms with E-state index in [1.165, 1.54) is 0 Å². The zero-order valence-electron chi connectivity index (χ0n) is 10.7. The van der Waals surface area contributed by atoms with Crippen molar-refractivity contribution in [3.8, 4) is 0 Å². The second kappa shape index (κ2) is 7.45. The van der Waals surface area contributed by atoms with E-state index in [0.717, 1.165) is 6.42 Å². The molecule has 0 aliphatic carbocycles. The third-order valence-corrected chi connectivity index (χ3v) is 2.24. The van der Waals surface area contributed by atoms with Gasteiger partial charge in [0.15, 0.2) is 0 Å². The number of nitrogens with one attached hydrogen (secondary N) is 3. The standard InChI is InChI=1S/C13H19N3O2/c1-3-5-12(17)15-10-6-4-7-11(8-10)16-13(18)9-14-2/h4,6-8,14H,3,5,9H2,1-2H3,(H,15,17)(H,16,18). The van der Waals surface area contributed by atoms with Crippen molar-refractivity contribution in [1.29, 1.82) is 0 Å². The Morgan fingerprint density at radius 3 is 2.28 bits per heavy atom. The van der Waals surface area contributed by atoms with E-state index in [1.807, 2.05) is 6.92 Å². The molecule has 18 heavy (non-hydrogen) atoms. The van der Waals surface area contributed by atoms with Crippen LogP contribution < -0.4 is 16.0 Å². The van der Waals surface area contributed by atoms with Gasteiger partial charge in [-0.2, -0.15) is 0 Å². The molecule has 5 heteroatoms. The largest absolute Gasteiger partial charge is 0.326 e. The van der Waals surface area contributed by atoms with Crippen LogP contribution in [0, 0.1) is 0 Å². The molecule has 0 aliphatic heterocycles. The highest BCUT2D eigenvalue weighted by atomic mass is 16.2. The average molecular weight is 249 g/mol. The molecule has 0 atom stereocenters. The maximum atomic E-state index is 11.4. The van der Waals surface area contributed by atoms with Gasteiger partial charge in [-0.05, 0) is 31.7 Å². The molecule has 1 aromatic carbocycles. The van der Waals surface area contributed by atoms with Crippen molar-refractivity contribution in [1.82, 2.24) is 5.32 Å². The molecule has 0 aliphatic rings. The maximum absolute atomic E-state index is 11.4. The summed E-state index contributed by atoms with van der Waals surface area (Å²) in [6, 6.07) is 7.10. The van der Waals surface area contributed by atoms with E-state index in [0.29, 0.717) is 17.8 Å². The van der Waals surface area contributed by atoms with Gasteiger partial charge in [-0.15, -0.1) is 0 Å². The molecule has 1 aromatic rings. The molecule has 0 aromatic heterocycles. The smallest absolute Gasteiger partial charge is 0.238 e. The number of anilines is 2. The number of hydrogen-bond donors (Lipinski definition) is 3. The van der Waals surface area contributed by atoms with Crippen molar-refractivity contribution in [2.75, 3.05) is 24.2 Å². The van der Waals surface area contributed by atoms with Crippen molar-refractivity contribution >= 4 is 23.2 Å². The lowest BCUT2D eigenvalue weighted by Crippen LogP contribution is -2.25. The molecule has 0 fully saturated rings. The van der Waals surface area contributed by atoms with Crippen LogP contribution in [-0.2, 0) is 9.59 Å². The fraction of sp³-hybridized carbons (Fsp3) is 0.385. The van der Waals surface area contributed by atoms with Crippen LogP contribution in [-0.4, -0.2) is 25.4 Å². The lowest BCUT2D eigenvalue weighted by Gasteiger charge is -2.08. The first-order valence-electron chi connectivity index (χ1n) is 6.00. The quantitative estimate of drug-likeness (QED) is 0.717. The second-order valence-corrected chi connectivity index (χ2v) is 3.96. The van der Waals surface area contributed by atoms with Crippen LogP contribution in [0.5, 0.6) is 0 Å². The summed E-state index contributed by atoms with van der Waals surface area (Å²) >= 11 is 0. The number of carbonyl (C=O) groups is 2. The number of hydrogen-bond acceptors (Lipinski definition) is 3. The highest BCUT2D eigenvalue weighted by Crippen LogP contribution is 2.15. The summed E-state index contributed by atoms with van der Waals surface area (Å²) in [6.07, 6.45) is 1.31. The van der Waals surface area contributed by atoms with Crippen LogP contribution in [0.4, 0.5) is 11.4 Å². The van der Waals surface area contributed by atoms with Crippen molar-refractivity contribution in [3.05, 3.63) is 24.3 Å². The molecule has 1 rings (SSSR count). The fourth-order valence-electron chi connectivity index (χ4n) is 1.49. The normalized spacial score (nSPS) is 9.89. The monoisotopic (exact) mass is 249 g/mol. The summed E-state index contributed by atoms with van der Waals surface area (Å²) in [7, 11) is 1.71. The zero-order chi connectivity index (χ0) is 13.4. The molecular weight excluding hydrogens is 230 g/mol. The predicted molar refractivity (Wildman–Crippen MR) is 72.5 cm³/mol. The van der Waals surface area contributed by atoms with E-state index in [4.69, 9.17) is 0 Å². The minimum Gasteiger partial charge on any atom is -0.326 e. The number of benzene rings is 1. The summed E-state index contributed by atoms with van der Waals surface area (Å²) in [5.41, 5.74) is 1.36. The van der Waals surface area contributed by atoms with E-state index in [2.05, 4.69) is 16.0 Å². The Balaban J connectivity index is 2.61. The van der Waals surface area contributed by atoms with Crippen LogP contribution in [0.2, 0.25) is 0 Å². The zero-order valence-corrected chi connectivity index (χ0v) is 10.7. The fourth-order valence-corrected chi connectivity index (χ4v) is 1.49. The van der Waals surface area contributed by atoms with Crippen molar-refractivity contribution in [3.63, 3.8) is 0 Å². The Bertz CT molecular complexity index is 383. The van der Waals surface area contributed by atoms with E-state index < -0.39 is 0 Å². The predicted octanol–water partition coefficient (Wildman–Crippen LogP) is 1.58. The molecule has 0 saturated heterocycles. The van der Waals surface area contributed by atoms with Crippen molar-refractivity contribution in [2.24, 2.45) is 0 Å². The lowest BCUT2D eigenvalue weighted by atomic mass is 10.2. The van der Waals surface area contributed by atoms with Crippen LogP contribution in [0.1, 0.15) is 19.8 Å². The van der Waals surface area contributed by atoms with Crippen LogP contribution >= 0.6 is 0 Å². The SMILES string of the molecule is CCCC(=O)Nc1cccc(NC(=O)CNC)c1. The molecule has 0 saturated carbocycles. The Morgan fingerprint density at radius 2 is 1.72 bits per heavy atom. The van der Waals surface area contributed by atoms with Crippen LogP contribution in [0.15, 0.2) is 24.3 Å². The van der Waals surface area contributed by atoms with E-state index >= 15 is 0 Å². The Morgan fingerprint density at radius 1 is 1.11 bits per heavy atom. The first-order chi connectivity index (χ1) is 8.65. The van der Waals surface area contributed by atoms with Crippen LogP contribution in [0.25, 0.3) is 0 Å². The van der Waals surface area contributed by atoms with Gasteiger partial charge in [0.25, 0.3) is 0 Å². The van der Waals surface area contributed by atoms with Gasteiger partial charge in [0.1, 0.15) is 0 Å². The van der Waals surface area contributed by atoms with Gasteiger partial charge in [-0.1, -0.05) is 13.0 Å². The third kappa shape index (κ3) is 4.97. The highest BCUT2D eigenvalue weighted by molar-refractivity contribution is 5.94. The first kappa shape index (κ1) is 14.2. The summed E-state index contributed by atoms with van der Waals surface area (Å²) in [4.78, 5) is 22.8. The van der Waals surface area contributed by atoms with E-state index in [1.54, 1.807) is 31.3 Å². The van der Waals surface area contributed by atoms with E-state index in [9.17, 15) is 9.59 Å². The van der Waals surface area contributed by atoms with Gasteiger partial charge in [0, 0.05) is 17.8 Å². The number of carbonyl (C=O) groups excluding carboxylic acids is 2. The van der Waals surface area contributed by atoms with Gasteiger partial charge in [0.2, 0.25) is 11.8 Å².